The van der Waals surface area contributed by atoms with Gasteiger partial charge < -0.3 is 14.4 Å². The summed E-state index contributed by atoms with van der Waals surface area (Å²) in [5.41, 5.74) is 3.78. The lowest BCUT2D eigenvalue weighted by molar-refractivity contribution is 0.230. The van der Waals surface area contributed by atoms with Gasteiger partial charge >= 0.3 is 7.60 Å². The first-order valence-electron chi connectivity index (χ1n) is 10.4. The Bertz CT molecular complexity index is 1200. The lowest BCUT2D eigenvalue weighted by Gasteiger charge is -2.24. The number of anilines is 2. The Labute approximate surface area is 182 Å². The maximum absolute atomic E-state index is 14.1. The SMILES string of the molecule is CCOP(=O)(OCC)c1c(-c2ccccc2)nc2ccccc2c1Nc1ccccc1. The van der Waals surface area contributed by atoms with Gasteiger partial charge in [0.05, 0.1) is 30.1 Å². The lowest BCUT2D eigenvalue weighted by atomic mass is 10.1. The Balaban J connectivity index is 2.09. The molecule has 0 aliphatic heterocycles. The molecular weight excluding hydrogens is 407 g/mol. The fraction of sp³-hybridized carbons (Fsp3) is 0.160. The minimum atomic E-state index is -3.68. The molecule has 1 heterocycles. The van der Waals surface area contributed by atoms with Gasteiger partial charge in [0.1, 0.15) is 5.30 Å². The van der Waals surface area contributed by atoms with Crippen LogP contribution in [0.4, 0.5) is 11.4 Å². The Hall–Kier alpha value is -2.98. The molecular formula is C25H25N2O3P. The molecule has 1 N–H and O–H groups in total. The molecule has 31 heavy (non-hydrogen) atoms. The van der Waals surface area contributed by atoms with Crippen molar-refractivity contribution in [2.45, 2.75) is 13.8 Å². The van der Waals surface area contributed by atoms with Crippen LogP contribution in [0.15, 0.2) is 84.9 Å². The Morgan fingerprint density at radius 3 is 2.03 bits per heavy atom. The van der Waals surface area contributed by atoms with Crippen molar-refractivity contribution in [2.24, 2.45) is 0 Å². The van der Waals surface area contributed by atoms with Gasteiger partial charge in [-0.05, 0) is 32.0 Å². The second kappa shape index (κ2) is 9.44. The summed E-state index contributed by atoms with van der Waals surface area (Å²) in [6.07, 6.45) is 0. The maximum Gasteiger partial charge on any atom is 0.365 e. The van der Waals surface area contributed by atoms with Crippen LogP contribution in [0.3, 0.4) is 0 Å². The molecule has 0 fully saturated rings. The molecule has 1 aromatic heterocycles. The quantitative estimate of drug-likeness (QED) is 0.321. The molecule has 0 atom stereocenters. The predicted octanol–water partition coefficient (Wildman–Crippen LogP) is 6.54. The smallest absolute Gasteiger partial charge is 0.354 e. The summed E-state index contributed by atoms with van der Waals surface area (Å²) in [6.45, 7) is 4.13. The summed E-state index contributed by atoms with van der Waals surface area (Å²) < 4.78 is 25.7. The molecule has 0 amide bonds. The fourth-order valence-corrected chi connectivity index (χ4v) is 5.47. The number of nitrogens with one attached hydrogen (secondary N) is 1. The van der Waals surface area contributed by atoms with E-state index in [2.05, 4.69) is 5.32 Å². The first kappa shape index (κ1) is 21.3. The van der Waals surface area contributed by atoms with E-state index in [1.807, 2.05) is 98.8 Å². The third kappa shape index (κ3) is 4.40. The largest absolute Gasteiger partial charge is 0.365 e. The van der Waals surface area contributed by atoms with Gasteiger partial charge in [-0.15, -0.1) is 0 Å². The van der Waals surface area contributed by atoms with Gasteiger partial charge in [-0.25, -0.2) is 4.98 Å². The lowest BCUT2D eigenvalue weighted by Crippen LogP contribution is -2.19. The summed E-state index contributed by atoms with van der Waals surface area (Å²) in [4.78, 5) is 4.91. The van der Waals surface area contributed by atoms with Crippen molar-refractivity contribution >= 4 is 35.2 Å². The minimum Gasteiger partial charge on any atom is -0.354 e. The highest BCUT2D eigenvalue weighted by Crippen LogP contribution is 2.52. The second-order valence-electron chi connectivity index (χ2n) is 6.89. The van der Waals surface area contributed by atoms with E-state index in [0.717, 1.165) is 22.2 Å². The van der Waals surface area contributed by atoms with Crippen LogP contribution in [-0.2, 0) is 13.6 Å². The van der Waals surface area contributed by atoms with Crippen molar-refractivity contribution in [3.8, 4) is 11.3 Å². The van der Waals surface area contributed by atoms with Crippen molar-refractivity contribution in [1.29, 1.82) is 0 Å². The molecule has 0 aliphatic rings. The third-order valence-corrected chi connectivity index (χ3v) is 7.01. The number of benzene rings is 3. The molecule has 0 aliphatic carbocycles. The minimum absolute atomic E-state index is 0.253. The van der Waals surface area contributed by atoms with Crippen molar-refractivity contribution in [3.05, 3.63) is 84.9 Å². The zero-order chi connectivity index (χ0) is 21.7. The highest BCUT2D eigenvalue weighted by molar-refractivity contribution is 7.63. The van der Waals surface area contributed by atoms with Crippen molar-refractivity contribution in [1.82, 2.24) is 4.98 Å². The van der Waals surface area contributed by atoms with Gasteiger partial charge in [0, 0.05) is 16.6 Å². The first-order valence-corrected chi connectivity index (χ1v) is 11.9. The molecule has 3 aromatic carbocycles. The first-order chi connectivity index (χ1) is 15.2. The molecule has 0 unspecified atom stereocenters. The van der Waals surface area contributed by atoms with E-state index in [-0.39, 0.29) is 13.2 Å². The average Bonchev–Trinajstić information content (AvgIpc) is 2.80. The number of rotatable bonds is 8. The van der Waals surface area contributed by atoms with Gasteiger partial charge in [0.25, 0.3) is 0 Å². The Kier molecular flexibility index (Phi) is 6.47. The van der Waals surface area contributed by atoms with Crippen LogP contribution in [-0.4, -0.2) is 18.2 Å². The highest BCUT2D eigenvalue weighted by Gasteiger charge is 2.35. The van der Waals surface area contributed by atoms with Crippen LogP contribution in [0.1, 0.15) is 13.8 Å². The number of hydrogen-bond donors (Lipinski definition) is 1. The van der Waals surface area contributed by atoms with Crippen LogP contribution < -0.4 is 10.6 Å². The second-order valence-corrected chi connectivity index (χ2v) is 8.85. The number of para-hydroxylation sites is 2. The number of hydrogen-bond acceptors (Lipinski definition) is 5. The summed E-state index contributed by atoms with van der Waals surface area (Å²) in [5, 5.41) is 4.77. The van der Waals surface area contributed by atoms with Crippen LogP contribution in [0.25, 0.3) is 22.2 Å². The van der Waals surface area contributed by atoms with E-state index in [0.29, 0.717) is 16.7 Å². The standard InChI is InChI=1S/C25H25N2O3P/c1-3-29-31(28,30-4-2)25-23(19-13-7-5-8-14-19)27-22-18-12-11-17-21(22)24(25)26-20-15-9-6-10-16-20/h5-18H,3-4H2,1-2H3,(H,26,27). The van der Waals surface area contributed by atoms with E-state index < -0.39 is 7.60 Å². The number of pyridine rings is 1. The van der Waals surface area contributed by atoms with Crippen molar-refractivity contribution < 1.29 is 13.6 Å². The van der Waals surface area contributed by atoms with E-state index >= 15 is 0 Å². The van der Waals surface area contributed by atoms with Gasteiger partial charge in [0.2, 0.25) is 0 Å². The highest BCUT2D eigenvalue weighted by atomic mass is 31.2. The van der Waals surface area contributed by atoms with Crippen LogP contribution in [0, 0.1) is 0 Å². The average molecular weight is 432 g/mol. The topological polar surface area (TPSA) is 60.5 Å². The molecule has 4 rings (SSSR count). The fourth-order valence-electron chi connectivity index (χ4n) is 3.56. The van der Waals surface area contributed by atoms with E-state index in [4.69, 9.17) is 14.0 Å². The predicted molar refractivity (Wildman–Crippen MR) is 127 cm³/mol. The van der Waals surface area contributed by atoms with Gasteiger partial charge in [-0.1, -0.05) is 66.7 Å². The summed E-state index contributed by atoms with van der Waals surface area (Å²) in [6, 6.07) is 27.3. The number of aromatic nitrogens is 1. The zero-order valence-corrected chi connectivity index (χ0v) is 18.5. The van der Waals surface area contributed by atoms with Crippen LogP contribution in [0.5, 0.6) is 0 Å². The molecule has 4 aromatic rings. The number of fused-ring (bicyclic) bond motifs is 1. The van der Waals surface area contributed by atoms with E-state index in [1.165, 1.54) is 0 Å². The van der Waals surface area contributed by atoms with E-state index in [9.17, 15) is 4.57 Å². The van der Waals surface area contributed by atoms with E-state index in [1.54, 1.807) is 0 Å². The molecule has 158 valence electrons. The summed E-state index contributed by atoms with van der Waals surface area (Å²) in [7, 11) is -3.68. The Morgan fingerprint density at radius 2 is 1.39 bits per heavy atom. The van der Waals surface area contributed by atoms with Crippen LogP contribution in [0.2, 0.25) is 0 Å². The molecule has 0 spiro atoms. The van der Waals surface area contributed by atoms with Crippen LogP contribution >= 0.6 is 7.60 Å². The van der Waals surface area contributed by atoms with Gasteiger partial charge in [-0.2, -0.15) is 0 Å². The third-order valence-electron chi connectivity index (χ3n) is 4.83. The maximum atomic E-state index is 14.1. The Morgan fingerprint density at radius 1 is 0.806 bits per heavy atom. The normalized spacial score (nSPS) is 11.5. The molecule has 0 saturated heterocycles. The van der Waals surface area contributed by atoms with Gasteiger partial charge in [0.15, 0.2) is 0 Å². The molecule has 5 nitrogen and oxygen atoms in total. The molecule has 0 radical (unpaired) electrons. The number of nitrogens with zero attached hydrogens (tertiary/aromatic N) is 1. The monoisotopic (exact) mass is 432 g/mol. The molecule has 6 heteroatoms. The van der Waals surface area contributed by atoms with Crippen molar-refractivity contribution in [3.63, 3.8) is 0 Å². The molecule has 0 saturated carbocycles. The van der Waals surface area contributed by atoms with Gasteiger partial charge in [-0.3, -0.25) is 4.57 Å². The van der Waals surface area contributed by atoms with Crippen molar-refractivity contribution in [2.75, 3.05) is 18.5 Å². The zero-order valence-electron chi connectivity index (χ0n) is 17.6. The summed E-state index contributed by atoms with van der Waals surface area (Å²) >= 11 is 0. The molecule has 0 bridgehead atoms. The summed E-state index contributed by atoms with van der Waals surface area (Å²) in [5.74, 6) is 0.